The SMILES string of the molecule is COc1cc(OC)c(C(C)CC(CN)CN)cc1Cl. The van der Waals surface area contributed by atoms with Crippen LogP contribution in [0.3, 0.4) is 0 Å². The summed E-state index contributed by atoms with van der Waals surface area (Å²) in [6, 6.07) is 3.71. The third-order valence-electron chi connectivity index (χ3n) is 3.39. The van der Waals surface area contributed by atoms with Crippen molar-refractivity contribution in [1.29, 1.82) is 0 Å². The summed E-state index contributed by atoms with van der Waals surface area (Å²) in [5, 5.41) is 0.585. The maximum atomic E-state index is 6.18. The van der Waals surface area contributed by atoms with Crippen LogP contribution in [0.5, 0.6) is 11.5 Å². The lowest BCUT2D eigenvalue weighted by Gasteiger charge is -2.21. The Morgan fingerprint density at radius 2 is 1.68 bits per heavy atom. The van der Waals surface area contributed by atoms with Crippen LogP contribution in [0.4, 0.5) is 0 Å². The molecule has 0 aliphatic heterocycles. The summed E-state index contributed by atoms with van der Waals surface area (Å²) >= 11 is 6.18. The maximum Gasteiger partial charge on any atom is 0.141 e. The van der Waals surface area contributed by atoms with E-state index >= 15 is 0 Å². The molecule has 0 amide bonds. The summed E-state index contributed by atoms with van der Waals surface area (Å²) in [6.07, 6.45) is 0.909. The van der Waals surface area contributed by atoms with Gasteiger partial charge in [-0.25, -0.2) is 0 Å². The molecule has 4 N–H and O–H groups in total. The Morgan fingerprint density at radius 3 is 2.16 bits per heavy atom. The molecule has 19 heavy (non-hydrogen) atoms. The largest absolute Gasteiger partial charge is 0.496 e. The Morgan fingerprint density at radius 1 is 1.11 bits per heavy atom. The Kier molecular flexibility index (Phi) is 6.42. The van der Waals surface area contributed by atoms with Crippen LogP contribution in [0.2, 0.25) is 5.02 Å². The fourth-order valence-corrected chi connectivity index (χ4v) is 2.43. The lowest BCUT2D eigenvalue weighted by atomic mass is 9.89. The molecule has 0 heterocycles. The summed E-state index contributed by atoms with van der Waals surface area (Å²) in [6.45, 7) is 3.30. The molecule has 0 aromatic heterocycles. The molecule has 1 aromatic carbocycles. The minimum absolute atomic E-state index is 0.274. The van der Waals surface area contributed by atoms with Crippen LogP contribution in [0.15, 0.2) is 12.1 Å². The van der Waals surface area contributed by atoms with Gasteiger partial charge in [-0.3, -0.25) is 0 Å². The highest BCUT2D eigenvalue weighted by atomic mass is 35.5. The molecule has 0 aliphatic carbocycles. The van der Waals surface area contributed by atoms with Crippen LogP contribution >= 0.6 is 11.6 Å². The van der Waals surface area contributed by atoms with Crippen molar-refractivity contribution in [1.82, 2.24) is 0 Å². The highest BCUT2D eigenvalue weighted by Gasteiger charge is 2.18. The number of benzene rings is 1. The highest BCUT2D eigenvalue weighted by Crippen LogP contribution is 2.38. The molecule has 1 atom stereocenters. The number of ether oxygens (including phenoxy) is 2. The van der Waals surface area contributed by atoms with Crippen molar-refractivity contribution in [3.8, 4) is 11.5 Å². The summed E-state index contributed by atoms with van der Waals surface area (Å²) < 4.78 is 10.6. The lowest BCUT2D eigenvalue weighted by Crippen LogP contribution is -2.24. The minimum Gasteiger partial charge on any atom is -0.496 e. The average molecular weight is 287 g/mol. The van der Waals surface area contributed by atoms with Crippen molar-refractivity contribution < 1.29 is 9.47 Å². The van der Waals surface area contributed by atoms with Gasteiger partial charge in [0.25, 0.3) is 0 Å². The average Bonchev–Trinajstić information content (AvgIpc) is 2.44. The van der Waals surface area contributed by atoms with E-state index in [9.17, 15) is 0 Å². The number of nitrogens with two attached hydrogens (primary N) is 2. The van der Waals surface area contributed by atoms with E-state index in [2.05, 4.69) is 6.92 Å². The van der Waals surface area contributed by atoms with E-state index in [0.29, 0.717) is 29.8 Å². The van der Waals surface area contributed by atoms with Gasteiger partial charge >= 0.3 is 0 Å². The van der Waals surface area contributed by atoms with Crippen molar-refractivity contribution >= 4 is 11.6 Å². The van der Waals surface area contributed by atoms with Crippen LogP contribution in [0, 0.1) is 5.92 Å². The molecular formula is C14H23ClN2O2. The van der Waals surface area contributed by atoms with Crippen molar-refractivity contribution in [2.75, 3.05) is 27.3 Å². The maximum absolute atomic E-state index is 6.18. The Labute approximate surface area is 120 Å². The van der Waals surface area contributed by atoms with Gasteiger partial charge in [0.2, 0.25) is 0 Å². The first-order valence-corrected chi connectivity index (χ1v) is 6.76. The highest BCUT2D eigenvalue weighted by molar-refractivity contribution is 6.32. The monoisotopic (exact) mass is 286 g/mol. The van der Waals surface area contributed by atoms with Crippen molar-refractivity contribution in [2.24, 2.45) is 17.4 Å². The number of hydrogen-bond acceptors (Lipinski definition) is 4. The van der Waals surface area contributed by atoms with E-state index in [-0.39, 0.29) is 5.92 Å². The zero-order valence-electron chi connectivity index (χ0n) is 11.8. The predicted molar refractivity (Wildman–Crippen MR) is 79.2 cm³/mol. The van der Waals surface area contributed by atoms with Gasteiger partial charge in [-0.2, -0.15) is 0 Å². The second-order valence-electron chi connectivity index (χ2n) is 4.70. The van der Waals surface area contributed by atoms with Crippen LogP contribution in [0.1, 0.15) is 24.8 Å². The molecule has 0 saturated carbocycles. The number of rotatable bonds is 7. The van der Waals surface area contributed by atoms with Gasteiger partial charge in [0.1, 0.15) is 11.5 Å². The standard InChI is InChI=1S/C14H23ClN2O2/c1-9(4-10(7-16)8-17)11-5-12(15)14(19-3)6-13(11)18-2/h5-6,9-10H,4,7-8,16-17H2,1-3H3. The molecule has 1 unspecified atom stereocenters. The van der Waals surface area contributed by atoms with Gasteiger partial charge in [-0.1, -0.05) is 18.5 Å². The van der Waals surface area contributed by atoms with Crippen molar-refractivity contribution in [2.45, 2.75) is 19.3 Å². The van der Waals surface area contributed by atoms with E-state index in [4.69, 9.17) is 32.5 Å². The first kappa shape index (κ1) is 16.1. The quantitative estimate of drug-likeness (QED) is 0.807. The van der Waals surface area contributed by atoms with Crippen LogP contribution in [0.25, 0.3) is 0 Å². The zero-order chi connectivity index (χ0) is 14.4. The normalized spacial score (nSPS) is 12.6. The lowest BCUT2D eigenvalue weighted by molar-refractivity contribution is 0.383. The molecule has 0 spiro atoms. The van der Waals surface area contributed by atoms with Gasteiger partial charge in [-0.05, 0) is 43.0 Å². The Bertz CT molecular complexity index is 409. The predicted octanol–water partition coefficient (Wildman–Crippen LogP) is 2.38. The van der Waals surface area contributed by atoms with E-state index in [1.54, 1.807) is 14.2 Å². The molecule has 0 bridgehead atoms. The molecule has 1 aromatic rings. The third-order valence-corrected chi connectivity index (χ3v) is 3.68. The molecule has 0 aliphatic rings. The van der Waals surface area contributed by atoms with Gasteiger partial charge in [0, 0.05) is 6.07 Å². The molecule has 0 radical (unpaired) electrons. The van der Waals surface area contributed by atoms with Gasteiger partial charge < -0.3 is 20.9 Å². The minimum atomic E-state index is 0.274. The second kappa shape index (κ2) is 7.58. The van der Waals surface area contributed by atoms with Gasteiger partial charge in [-0.15, -0.1) is 0 Å². The van der Waals surface area contributed by atoms with Crippen molar-refractivity contribution in [3.63, 3.8) is 0 Å². The summed E-state index contributed by atoms with van der Waals surface area (Å²) in [5.41, 5.74) is 12.5. The summed E-state index contributed by atoms with van der Waals surface area (Å²) in [7, 11) is 3.23. The zero-order valence-corrected chi connectivity index (χ0v) is 12.5. The molecule has 5 heteroatoms. The van der Waals surface area contributed by atoms with Gasteiger partial charge in [0.05, 0.1) is 19.2 Å². The van der Waals surface area contributed by atoms with Crippen LogP contribution < -0.4 is 20.9 Å². The molecular weight excluding hydrogens is 264 g/mol. The van der Waals surface area contributed by atoms with E-state index in [0.717, 1.165) is 17.7 Å². The molecule has 1 rings (SSSR count). The summed E-state index contributed by atoms with van der Waals surface area (Å²) in [5.74, 6) is 1.97. The number of methoxy groups -OCH3 is 2. The molecule has 108 valence electrons. The third kappa shape index (κ3) is 4.00. The fourth-order valence-electron chi connectivity index (χ4n) is 2.18. The Balaban J connectivity index is 3.01. The fraction of sp³-hybridized carbons (Fsp3) is 0.571. The first-order valence-electron chi connectivity index (χ1n) is 6.38. The Hall–Kier alpha value is -0.970. The van der Waals surface area contributed by atoms with Gasteiger partial charge in [0.15, 0.2) is 0 Å². The molecule has 0 fully saturated rings. The van der Waals surface area contributed by atoms with Crippen molar-refractivity contribution in [3.05, 3.63) is 22.7 Å². The topological polar surface area (TPSA) is 70.5 Å². The number of hydrogen-bond donors (Lipinski definition) is 2. The molecule has 0 saturated heterocycles. The van der Waals surface area contributed by atoms with Crippen LogP contribution in [-0.2, 0) is 0 Å². The second-order valence-corrected chi connectivity index (χ2v) is 5.11. The van der Waals surface area contributed by atoms with Crippen LogP contribution in [-0.4, -0.2) is 27.3 Å². The smallest absolute Gasteiger partial charge is 0.141 e. The first-order chi connectivity index (χ1) is 9.07. The molecule has 4 nitrogen and oxygen atoms in total. The number of halogens is 1. The van der Waals surface area contributed by atoms with E-state index < -0.39 is 0 Å². The van der Waals surface area contributed by atoms with E-state index in [1.807, 2.05) is 12.1 Å². The van der Waals surface area contributed by atoms with E-state index in [1.165, 1.54) is 0 Å². The summed E-state index contributed by atoms with van der Waals surface area (Å²) in [4.78, 5) is 0.